The van der Waals surface area contributed by atoms with Gasteiger partial charge in [-0.15, -0.1) is 0 Å². The fraction of sp³-hybridized carbons (Fsp3) is 0.364. The van der Waals surface area contributed by atoms with Crippen molar-refractivity contribution in [3.63, 3.8) is 0 Å². The Balaban J connectivity index is 2.32. The van der Waals surface area contributed by atoms with Crippen molar-refractivity contribution in [2.24, 2.45) is 0 Å². The molecule has 0 aliphatic carbocycles. The lowest BCUT2D eigenvalue weighted by atomic mass is 10.2. The highest BCUT2D eigenvalue weighted by molar-refractivity contribution is 9.10. The van der Waals surface area contributed by atoms with Crippen LogP contribution in [0.5, 0.6) is 0 Å². The highest BCUT2D eigenvalue weighted by atomic mass is 79.9. The molecule has 0 aliphatic rings. The fourth-order valence-corrected chi connectivity index (χ4v) is 1.41. The van der Waals surface area contributed by atoms with E-state index in [1.54, 1.807) is 6.07 Å². The smallest absolute Gasteiger partial charge is 0.139 e. The monoisotopic (exact) mass is 270 g/mol. The number of halogens is 2. The molecule has 15 heavy (non-hydrogen) atoms. The van der Waals surface area contributed by atoms with Crippen LogP contribution in [0.4, 0.5) is 10.1 Å². The van der Waals surface area contributed by atoms with E-state index < -0.39 is 0 Å². The summed E-state index contributed by atoms with van der Waals surface area (Å²) in [5, 5.41) is 11.4. The standard InChI is InChI=1S/C11H12BrFN2/c12-10-5-4-9(8-11(10)13)15-7-3-1-2-6-14/h4-5,8,15H,1-3,7H2. The first-order valence-electron chi connectivity index (χ1n) is 4.80. The molecule has 1 rings (SSSR count). The molecular formula is C11H12BrFN2. The number of hydrogen-bond acceptors (Lipinski definition) is 2. The molecule has 0 unspecified atom stereocenters. The first-order chi connectivity index (χ1) is 7.24. The molecule has 0 saturated heterocycles. The predicted octanol–water partition coefficient (Wildman–Crippen LogP) is 3.69. The van der Waals surface area contributed by atoms with E-state index in [4.69, 9.17) is 5.26 Å². The number of hydrogen-bond donors (Lipinski definition) is 1. The first kappa shape index (κ1) is 12.0. The van der Waals surface area contributed by atoms with Gasteiger partial charge in [0, 0.05) is 18.7 Å². The van der Waals surface area contributed by atoms with Crippen molar-refractivity contribution in [1.82, 2.24) is 0 Å². The van der Waals surface area contributed by atoms with Gasteiger partial charge in [0.2, 0.25) is 0 Å². The predicted molar refractivity (Wildman–Crippen MR) is 62.1 cm³/mol. The fourth-order valence-electron chi connectivity index (χ4n) is 1.17. The topological polar surface area (TPSA) is 35.8 Å². The zero-order valence-corrected chi connectivity index (χ0v) is 9.85. The van der Waals surface area contributed by atoms with E-state index in [0.717, 1.165) is 25.1 Å². The van der Waals surface area contributed by atoms with E-state index in [2.05, 4.69) is 27.3 Å². The minimum Gasteiger partial charge on any atom is -0.385 e. The van der Waals surface area contributed by atoms with Gasteiger partial charge < -0.3 is 5.32 Å². The minimum absolute atomic E-state index is 0.267. The third-order valence-electron chi connectivity index (χ3n) is 1.96. The Morgan fingerprint density at radius 3 is 2.87 bits per heavy atom. The zero-order valence-electron chi connectivity index (χ0n) is 8.26. The second-order valence-corrected chi connectivity index (χ2v) is 4.03. The molecule has 0 saturated carbocycles. The van der Waals surface area contributed by atoms with E-state index in [-0.39, 0.29) is 5.82 Å². The molecule has 80 valence electrons. The molecule has 0 atom stereocenters. The van der Waals surface area contributed by atoms with Crippen LogP contribution >= 0.6 is 15.9 Å². The Hall–Kier alpha value is -1.08. The van der Waals surface area contributed by atoms with Crippen LogP contribution in [-0.2, 0) is 0 Å². The van der Waals surface area contributed by atoms with Gasteiger partial charge in [0.05, 0.1) is 10.5 Å². The summed E-state index contributed by atoms with van der Waals surface area (Å²) in [7, 11) is 0. The van der Waals surface area contributed by atoms with Crippen LogP contribution in [0, 0.1) is 17.1 Å². The van der Waals surface area contributed by atoms with Gasteiger partial charge in [-0.25, -0.2) is 4.39 Å². The molecule has 1 aromatic carbocycles. The molecule has 2 nitrogen and oxygen atoms in total. The number of nitrogens with one attached hydrogen (secondary N) is 1. The van der Waals surface area contributed by atoms with Gasteiger partial charge in [-0.1, -0.05) is 0 Å². The van der Waals surface area contributed by atoms with E-state index in [0.29, 0.717) is 10.9 Å². The average molecular weight is 271 g/mol. The Morgan fingerprint density at radius 2 is 2.20 bits per heavy atom. The van der Waals surface area contributed by atoms with Gasteiger partial charge in [-0.05, 0) is 47.0 Å². The molecule has 0 radical (unpaired) electrons. The van der Waals surface area contributed by atoms with Crippen LogP contribution in [0.1, 0.15) is 19.3 Å². The van der Waals surface area contributed by atoms with Crippen molar-refractivity contribution in [3.05, 3.63) is 28.5 Å². The molecule has 1 aromatic rings. The van der Waals surface area contributed by atoms with Gasteiger partial charge in [-0.3, -0.25) is 0 Å². The maximum Gasteiger partial charge on any atom is 0.139 e. The minimum atomic E-state index is -0.267. The van der Waals surface area contributed by atoms with E-state index >= 15 is 0 Å². The highest BCUT2D eigenvalue weighted by Gasteiger charge is 1.99. The third kappa shape index (κ3) is 4.30. The summed E-state index contributed by atoms with van der Waals surface area (Å²) in [5.74, 6) is -0.267. The van der Waals surface area contributed by atoms with Gasteiger partial charge in [0.1, 0.15) is 5.82 Å². The van der Waals surface area contributed by atoms with Gasteiger partial charge in [0.15, 0.2) is 0 Å². The van der Waals surface area contributed by atoms with Crippen molar-refractivity contribution in [1.29, 1.82) is 5.26 Å². The Kier molecular flexibility index (Phi) is 5.13. The van der Waals surface area contributed by atoms with Crippen molar-refractivity contribution >= 4 is 21.6 Å². The maximum absolute atomic E-state index is 13.1. The summed E-state index contributed by atoms with van der Waals surface area (Å²) in [5.41, 5.74) is 0.771. The number of unbranched alkanes of at least 4 members (excludes halogenated alkanes) is 2. The Morgan fingerprint density at radius 1 is 1.40 bits per heavy atom. The quantitative estimate of drug-likeness (QED) is 0.829. The van der Waals surface area contributed by atoms with Crippen LogP contribution < -0.4 is 5.32 Å². The molecule has 0 spiro atoms. The van der Waals surface area contributed by atoms with Crippen LogP contribution in [-0.4, -0.2) is 6.54 Å². The highest BCUT2D eigenvalue weighted by Crippen LogP contribution is 2.19. The van der Waals surface area contributed by atoms with Crippen molar-refractivity contribution in [2.45, 2.75) is 19.3 Å². The number of anilines is 1. The lowest BCUT2D eigenvalue weighted by Gasteiger charge is -2.05. The second kappa shape index (κ2) is 6.41. The molecule has 0 aromatic heterocycles. The van der Waals surface area contributed by atoms with Crippen LogP contribution in [0.3, 0.4) is 0 Å². The molecule has 0 bridgehead atoms. The lowest BCUT2D eigenvalue weighted by Crippen LogP contribution is -2.01. The van der Waals surface area contributed by atoms with Crippen LogP contribution in [0.2, 0.25) is 0 Å². The largest absolute Gasteiger partial charge is 0.385 e. The summed E-state index contributed by atoms with van der Waals surface area (Å²) in [6.45, 7) is 0.767. The first-order valence-corrected chi connectivity index (χ1v) is 5.59. The Bertz CT molecular complexity index is 360. The summed E-state index contributed by atoms with van der Waals surface area (Å²) in [6, 6.07) is 7.03. The molecule has 0 fully saturated rings. The second-order valence-electron chi connectivity index (χ2n) is 3.17. The summed E-state index contributed by atoms with van der Waals surface area (Å²) in [4.78, 5) is 0. The van der Waals surface area contributed by atoms with E-state index in [9.17, 15) is 4.39 Å². The molecule has 0 aliphatic heterocycles. The van der Waals surface area contributed by atoms with E-state index in [1.807, 2.05) is 6.07 Å². The number of rotatable bonds is 5. The SMILES string of the molecule is N#CCCCCNc1ccc(Br)c(F)c1. The van der Waals surface area contributed by atoms with E-state index in [1.165, 1.54) is 6.07 Å². The number of nitrogens with zero attached hydrogens (tertiary/aromatic N) is 1. The molecule has 4 heteroatoms. The molecular weight excluding hydrogens is 259 g/mol. The van der Waals surface area contributed by atoms with Crippen LogP contribution in [0.15, 0.2) is 22.7 Å². The molecule has 0 amide bonds. The Labute approximate surface area is 97.2 Å². The molecule has 1 N–H and O–H groups in total. The summed E-state index contributed by atoms with van der Waals surface area (Å²) in [6.07, 6.45) is 2.38. The van der Waals surface area contributed by atoms with Gasteiger partial charge in [0.25, 0.3) is 0 Å². The average Bonchev–Trinajstić information content (AvgIpc) is 2.23. The van der Waals surface area contributed by atoms with Crippen molar-refractivity contribution < 1.29 is 4.39 Å². The van der Waals surface area contributed by atoms with Gasteiger partial charge in [-0.2, -0.15) is 5.26 Å². The van der Waals surface area contributed by atoms with Gasteiger partial charge >= 0.3 is 0 Å². The molecule has 0 heterocycles. The lowest BCUT2D eigenvalue weighted by molar-refractivity contribution is 0.621. The van der Waals surface area contributed by atoms with Crippen molar-refractivity contribution in [3.8, 4) is 6.07 Å². The number of nitriles is 1. The van der Waals surface area contributed by atoms with Crippen LogP contribution in [0.25, 0.3) is 0 Å². The maximum atomic E-state index is 13.1. The zero-order chi connectivity index (χ0) is 11.1. The normalized spacial score (nSPS) is 9.67. The van der Waals surface area contributed by atoms with Crippen molar-refractivity contribution in [2.75, 3.05) is 11.9 Å². The summed E-state index contributed by atoms with van der Waals surface area (Å²) < 4.78 is 13.5. The summed E-state index contributed by atoms with van der Waals surface area (Å²) >= 11 is 3.09. The third-order valence-corrected chi connectivity index (χ3v) is 2.61. The number of benzene rings is 1.